The maximum atomic E-state index is 12.7. The third kappa shape index (κ3) is 3.65. The van der Waals surface area contributed by atoms with Crippen molar-refractivity contribution in [3.8, 4) is 5.00 Å². The molecular formula is C17H22N2O3S. The summed E-state index contributed by atoms with van der Waals surface area (Å²) in [5.74, 6) is 0.00950. The van der Waals surface area contributed by atoms with E-state index in [4.69, 9.17) is 9.84 Å². The Bertz CT molecular complexity index is 649. The van der Waals surface area contributed by atoms with Gasteiger partial charge in [0.05, 0.1) is 18.8 Å². The smallest absolute Gasteiger partial charge is 0.254 e. The third-order valence-electron chi connectivity index (χ3n) is 3.96. The molecule has 0 unspecified atom stereocenters. The molecule has 2 aromatic rings. The van der Waals surface area contributed by atoms with Crippen LogP contribution in [0.25, 0.3) is 5.00 Å². The number of hydrogen-bond acceptors (Lipinski definition) is 4. The highest BCUT2D eigenvalue weighted by atomic mass is 32.1. The van der Waals surface area contributed by atoms with Crippen LogP contribution in [0.4, 0.5) is 0 Å². The van der Waals surface area contributed by atoms with Crippen LogP contribution in [-0.2, 0) is 17.6 Å². The van der Waals surface area contributed by atoms with E-state index in [0.717, 1.165) is 36.2 Å². The van der Waals surface area contributed by atoms with Gasteiger partial charge in [-0.05, 0) is 43.4 Å². The second kappa shape index (κ2) is 7.77. The highest BCUT2D eigenvalue weighted by Crippen LogP contribution is 2.37. The molecule has 0 saturated carbocycles. The summed E-state index contributed by atoms with van der Waals surface area (Å²) in [5, 5.41) is 12.7. The largest absolute Gasteiger partial charge is 0.394 e. The van der Waals surface area contributed by atoms with E-state index in [9.17, 15) is 4.79 Å². The summed E-state index contributed by atoms with van der Waals surface area (Å²) >= 11 is 1.73. The predicted octanol–water partition coefficient (Wildman–Crippen LogP) is 2.16. The van der Waals surface area contributed by atoms with Crippen LogP contribution in [0.5, 0.6) is 0 Å². The normalized spacial score (nSPS) is 13.3. The average molecular weight is 334 g/mol. The zero-order valence-electron chi connectivity index (χ0n) is 13.1. The van der Waals surface area contributed by atoms with E-state index in [-0.39, 0.29) is 12.5 Å². The number of aryl methyl sites for hydroxylation is 1. The van der Waals surface area contributed by atoms with Gasteiger partial charge < -0.3 is 19.7 Å². The molecule has 2 N–H and O–H groups in total. The van der Waals surface area contributed by atoms with Gasteiger partial charge >= 0.3 is 0 Å². The number of thiophene rings is 1. The molecule has 6 heteroatoms. The quantitative estimate of drug-likeness (QED) is 0.727. The Labute approximate surface area is 139 Å². The second-order valence-electron chi connectivity index (χ2n) is 5.57. The molecule has 0 spiro atoms. The fraction of sp³-hybridized carbons (Fsp3) is 0.471. The molecule has 0 aliphatic heterocycles. The molecule has 0 aromatic carbocycles. The Hall–Kier alpha value is -1.63. The van der Waals surface area contributed by atoms with Crippen LogP contribution in [0.1, 0.15) is 33.6 Å². The van der Waals surface area contributed by atoms with Gasteiger partial charge in [-0.25, -0.2) is 0 Å². The van der Waals surface area contributed by atoms with Crippen LogP contribution in [0.15, 0.2) is 24.5 Å². The third-order valence-corrected chi connectivity index (χ3v) is 5.26. The Balaban J connectivity index is 1.68. The fourth-order valence-electron chi connectivity index (χ4n) is 2.91. The average Bonchev–Trinajstić information content (AvgIpc) is 3.25. The highest BCUT2D eigenvalue weighted by molar-refractivity contribution is 7.15. The van der Waals surface area contributed by atoms with Crippen molar-refractivity contribution in [3.63, 3.8) is 0 Å². The number of aliphatic hydroxyl groups excluding tert-OH is 1. The summed E-state index contributed by atoms with van der Waals surface area (Å²) in [6.07, 6.45) is 7.94. The molecule has 1 amide bonds. The van der Waals surface area contributed by atoms with Crippen molar-refractivity contribution in [2.75, 3.05) is 26.4 Å². The minimum absolute atomic E-state index is 0.00950. The minimum atomic E-state index is 0.00950. The highest BCUT2D eigenvalue weighted by Gasteiger charge is 2.26. The zero-order valence-corrected chi connectivity index (χ0v) is 13.9. The molecule has 0 radical (unpaired) electrons. The van der Waals surface area contributed by atoms with E-state index >= 15 is 0 Å². The number of amides is 1. The number of hydrogen-bond donors (Lipinski definition) is 2. The SMILES string of the molecule is O=C(NCCCOCCO)c1c(-n2cccc2)sc2c1CCC2. The first kappa shape index (κ1) is 16.2. The molecule has 0 atom stereocenters. The first-order chi connectivity index (χ1) is 11.3. The van der Waals surface area contributed by atoms with Gasteiger partial charge in [-0.3, -0.25) is 4.79 Å². The molecule has 23 heavy (non-hydrogen) atoms. The lowest BCUT2D eigenvalue weighted by atomic mass is 10.1. The van der Waals surface area contributed by atoms with E-state index in [1.165, 1.54) is 10.4 Å². The maximum absolute atomic E-state index is 12.7. The number of aromatic nitrogens is 1. The molecule has 3 rings (SSSR count). The van der Waals surface area contributed by atoms with Crippen molar-refractivity contribution in [2.45, 2.75) is 25.7 Å². The molecule has 0 fully saturated rings. The van der Waals surface area contributed by atoms with Gasteiger partial charge in [0, 0.05) is 30.4 Å². The summed E-state index contributed by atoms with van der Waals surface area (Å²) in [4.78, 5) is 14.0. The van der Waals surface area contributed by atoms with Gasteiger partial charge in [0.15, 0.2) is 0 Å². The number of carbonyl (C=O) groups is 1. The van der Waals surface area contributed by atoms with Gasteiger partial charge in [0.25, 0.3) is 5.91 Å². The van der Waals surface area contributed by atoms with E-state index < -0.39 is 0 Å². The topological polar surface area (TPSA) is 63.5 Å². The van der Waals surface area contributed by atoms with Gasteiger partial charge in [0.1, 0.15) is 5.00 Å². The van der Waals surface area contributed by atoms with Crippen molar-refractivity contribution in [1.29, 1.82) is 0 Å². The number of aliphatic hydroxyl groups is 1. The lowest BCUT2D eigenvalue weighted by molar-refractivity contribution is 0.0867. The molecule has 0 bridgehead atoms. The van der Waals surface area contributed by atoms with E-state index in [2.05, 4.69) is 5.32 Å². The van der Waals surface area contributed by atoms with E-state index in [1.807, 2.05) is 29.1 Å². The van der Waals surface area contributed by atoms with Crippen LogP contribution < -0.4 is 5.32 Å². The molecule has 2 aromatic heterocycles. The first-order valence-corrected chi connectivity index (χ1v) is 8.87. The number of ether oxygens (including phenoxy) is 1. The van der Waals surface area contributed by atoms with Crippen molar-refractivity contribution in [2.24, 2.45) is 0 Å². The first-order valence-electron chi connectivity index (χ1n) is 8.06. The number of nitrogens with one attached hydrogen (secondary N) is 1. The minimum Gasteiger partial charge on any atom is -0.394 e. The number of carbonyl (C=O) groups excluding carboxylic acids is 1. The Morgan fingerprint density at radius 2 is 2.13 bits per heavy atom. The Morgan fingerprint density at radius 3 is 2.91 bits per heavy atom. The maximum Gasteiger partial charge on any atom is 0.254 e. The molecule has 0 saturated heterocycles. The summed E-state index contributed by atoms with van der Waals surface area (Å²) < 4.78 is 7.24. The van der Waals surface area contributed by atoms with E-state index in [1.54, 1.807) is 11.3 Å². The zero-order chi connectivity index (χ0) is 16.1. The second-order valence-corrected chi connectivity index (χ2v) is 6.66. The summed E-state index contributed by atoms with van der Waals surface area (Å²) in [5.41, 5.74) is 2.07. The molecule has 5 nitrogen and oxygen atoms in total. The lowest BCUT2D eigenvalue weighted by Crippen LogP contribution is -2.26. The summed E-state index contributed by atoms with van der Waals surface area (Å²) in [7, 11) is 0. The summed E-state index contributed by atoms with van der Waals surface area (Å²) in [6, 6.07) is 3.95. The van der Waals surface area contributed by atoms with Crippen molar-refractivity contribution < 1.29 is 14.6 Å². The molecule has 124 valence electrons. The van der Waals surface area contributed by atoms with Gasteiger partial charge in [-0.2, -0.15) is 0 Å². The Morgan fingerprint density at radius 1 is 1.30 bits per heavy atom. The fourth-order valence-corrected chi connectivity index (χ4v) is 4.26. The monoisotopic (exact) mass is 334 g/mol. The molecular weight excluding hydrogens is 312 g/mol. The number of nitrogens with zero attached hydrogens (tertiary/aromatic N) is 1. The predicted molar refractivity (Wildman–Crippen MR) is 90.5 cm³/mol. The Kier molecular flexibility index (Phi) is 5.48. The van der Waals surface area contributed by atoms with Crippen molar-refractivity contribution in [1.82, 2.24) is 9.88 Å². The van der Waals surface area contributed by atoms with Crippen LogP contribution >= 0.6 is 11.3 Å². The number of fused-ring (bicyclic) bond motifs is 1. The van der Waals surface area contributed by atoms with Crippen LogP contribution in [0, 0.1) is 0 Å². The standard InChI is InChI=1S/C17H22N2O3S/c20-10-12-22-11-4-7-18-16(21)15-13-5-3-6-14(13)23-17(15)19-8-1-2-9-19/h1-2,8-9,20H,3-7,10-12H2,(H,18,21). The van der Waals surface area contributed by atoms with Crippen molar-refractivity contribution >= 4 is 17.2 Å². The van der Waals surface area contributed by atoms with Gasteiger partial charge in [0.2, 0.25) is 0 Å². The van der Waals surface area contributed by atoms with Crippen LogP contribution in [0.2, 0.25) is 0 Å². The van der Waals surface area contributed by atoms with E-state index in [0.29, 0.717) is 19.8 Å². The lowest BCUT2D eigenvalue weighted by Gasteiger charge is -2.09. The van der Waals surface area contributed by atoms with Crippen molar-refractivity contribution in [3.05, 3.63) is 40.5 Å². The van der Waals surface area contributed by atoms with Gasteiger partial charge in [-0.15, -0.1) is 11.3 Å². The van der Waals surface area contributed by atoms with Crippen LogP contribution in [0.3, 0.4) is 0 Å². The molecule has 2 heterocycles. The molecule has 1 aliphatic carbocycles. The van der Waals surface area contributed by atoms with Gasteiger partial charge in [-0.1, -0.05) is 0 Å². The van der Waals surface area contributed by atoms with Crippen LogP contribution in [-0.4, -0.2) is 41.9 Å². The number of rotatable bonds is 8. The molecule has 1 aliphatic rings. The summed E-state index contributed by atoms with van der Waals surface area (Å²) in [6.45, 7) is 1.52.